The van der Waals surface area contributed by atoms with Gasteiger partial charge in [0, 0.05) is 18.7 Å². The molecular formula is C12H17NO3. The van der Waals surface area contributed by atoms with E-state index in [2.05, 4.69) is 5.32 Å². The van der Waals surface area contributed by atoms with Crippen LogP contribution < -0.4 is 14.8 Å². The topological polar surface area (TPSA) is 50.7 Å². The first-order chi connectivity index (χ1) is 7.77. The van der Waals surface area contributed by atoms with Crippen molar-refractivity contribution >= 4 is 0 Å². The second-order valence-electron chi connectivity index (χ2n) is 3.92. The van der Waals surface area contributed by atoms with Gasteiger partial charge in [0.1, 0.15) is 13.2 Å². The molecule has 0 spiro atoms. The van der Waals surface area contributed by atoms with Gasteiger partial charge in [-0.3, -0.25) is 0 Å². The van der Waals surface area contributed by atoms with Crippen LogP contribution in [0.15, 0.2) is 18.2 Å². The van der Waals surface area contributed by atoms with Gasteiger partial charge in [0.15, 0.2) is 11.5 Å². The summed E-state index contributed by atoms with van der Waals surface area (Å²) in [7, 11) is 0. The number of ether oxygens (including phenoxy) is 2. The molecular weight excluding hydrogens is 206 g/mol. The lowest BCUT2D eigenvalue weighted by molar-refractivity contribution is 0.168. The highest BCUT2D eigenvalue weighted by atomic mass is 16.6. The van der Waals surface area contributed by atoms with Gasteiger partial charge in [-0.1, -0.05) is 12.1 Å². The monoisotopic (exact) mass is 223 g/mol. The zero-order valence-corrected chi connectivity index (χ0v) is 9.40. The van der Waals surface area contributed by atoms with E-state index in [1.165, 1.54) is 0 Å². The lowest BCUT2D eigenvalue weighted by atomic mass is 10.1. The Morgan fingerprint density at radius 2 is 2.19 bits per heavy atom. The second-order valence-corrected chi connectivity index (χ2v) is 3.92. The van der Waals surface area contributed by atoms with Crippen molar-refractivity contribution in [3.8, 4) is 11.5 Å². The summed E-state index contributed by atoms with van der Waals surface area (Å²) in [5.41, 5.74) is 1.07. The lowest BCUT2D eigenvalue weighted by Crippen LogP contribution is -2.25. The van der Waals surface area contributed by atoms with Gasteiger partial charge in [-0.05, 0) is 13.0 Å². The minimum absolute atomic E-state index is 0.336. The van der Waals surface area contributed by atoms with Gasteiger partial charge >= 0.3 is 0 Å². The average molecular weight is 223 g/mol. The molecule has 16 heavy (non-hydrogen) atoms. The molecule has 1 aliphatic heterocycles. The van der Waals surface area contributed by atoms with Crippen LogP contribution >= 0.6 is 0 Å². The summed E-state index contributed by atoms with van der Waals surface area (Å²) >= 11 is 0. The van der Waals surface area contributed by atoms with Gasteiger partial charge < -0.3 is 19.9 Å². The van der Waals surface area contributed by atoms with Crippen LogP contribution in [0.4, 0.5) is 0 Å². The van der Waals surface area contributed by atoms with Crippen molar-refractivity contribution in [2.45, 2.75) is 19.6 Å². The minimum atomic E-state index is -0.336. The van der Waals surface area contributed by atoms with E-state index in [0.717, 1.165) is 17.1 Å². The largest absolute Gasteiger partial charge is 0.486 e. The number of nitrogens with one attached hydrogen (secondary N) is 1. The van der Waals surface area contributed by atoms with Crippen molar-refractivity contribution in [3.05, 3.63) is 23.8 Å². The van der Waals surface area contributed by atoms with Crippen molar-refractivity contribution in [3.63, 3.8) is 0 Å². The molecule has 0 aromatic heterocycles. The van der Waals surface area contributed by atoms with Gasteiger partial charge in [-0.15, -0.1) is 0 Å². The average Bonchev–Trinajstić information content (AvgIpc) is 2.29. The third kappa shape index (κ3) is 2.65. The van der Waals surface area contributed by atoms with Gasteiger partial charge in [0.2, 0.25) is 0 Å². The van der Waals surface area contributed by atoms with Gasteiger partial charge in [-0.2, -0.15) is 0 Å². The highest BCUT2D eigenvalue weighted by Crippen LogP contribution is 2.33. The first kappa shape index (κ1) is 11.2. The zero-order valence-electron chi connectivity index (χ0n) is 9.40. The molecule has 0 radical (unpaired) electrons. The van der Waals surface area contributed by atoms with Crippen LogP contribution in [0, 0.1) is 0 Å². The zero-order chi connectivity index (χ0) is 11.4. The molecule has 0 fully saturated rings. The highest BCUT2D eigenvalue weighted by molar-refractivity contribution is 5.47. The maximum absolute atomic E-state index is 9.15. The van der Waals surface area contributed by atoms with E-state index in [0.29, 0.717) is 26.3 Å². The third-order valence-corrected chi connectivity index (χ3v) is 2.40. The smallest absolute Gasteiger partial charge is 0.165 e. The Hall–Kier alpha value is -1.26. The molecule has 88 valence electrons. The molecule has 1 aliphatic rings. The molecule has 0 amide bonds. The molecule has 0 saturated heterocycles. The van der Waals surface area contributed by atoms with Crippen molar-refractivity contribution in [2.24, 2.45) is 0 Å². The standard InChI is InChI=1S/C12H17NO3/c1-9(14)7-13-8-10-3-2-4-11-12(10)16-6-5-15-11/h2-4,9,13-14H,5-8H2,1H3/t9-/m1/s1. The number of rotatable bonds is 4. The third-order valence-electron chi connectivity index (χ3n) is 2.40. The number of aliphatic hydroxyl groups is 1. The van der Waals surface area contributed by atoms with E-state index in [-0.39, 0.29) is 6.10 Å². The lowest BCUT2D eigenvalue weighted by Gasteiger charge is -2.21. The fourth-order valence-electron chi connectivity index (χ4n) is 1.69. The Labute approximate surface area is 95.2 Å². The van der Waals surface area contributed by atoms with Crippen molar-refractivity contribution in [2.75, 3.05) is 19.8 Å². The molecule has 0 aliphatic carbocycles. The number of fused-ring (bicyclic) bond motifs is 1. The van der Waals surface area contributed by atoms with Crippen LogP contribution in [0.25, 0.3) is 0 Å². The van der Waals surface area contributed by atoms with E-state index < -0.39 is 0 Å². The molecule has 4 nitrogen and oxygen atoms in total. The molecule has 0 unspecified atom stereocenters. The van der Waals surface area contributed by atoms with Crippen molar-refractivity contribution in [1.82, 2.24) is 5.32 Å². The van der Waals surface area contributed by atoms with Gasteiger partial charge in [-0.25, -0.2) is 0 Å². The summed E-state index contributed by atoms with van der Waals surface area (Å²) in [6.07, 6.45) is -0.336. The minimum Gasteiger partial charge on any atom is -0.486 e. The van der Waals surface area contributed by atoms with Crippen LogP contribution in [0.3, 0.4) is 0 Å². The van der Waals surface area contributed by atoms with Crippen LogP contribution in [-0.2, 0) is 6.54 Å². The van der Waals surface area contributed by atoms with Crippen LogP contribution in [0.5, 0.6) is 11.5 Å². The SMILES string of the molecule is C[C@@H](O)CNCc1cccc2c1OCCO2. The van der Waals surface area contributed by atoms with Crippen molar-refractivity contribution < 1.29 is 14.6 Å². The van der Waals surface area contributed by atoms with Crippen LogP contribution in [0.1, 0.15) is 12.5 Å². The molecule has 1 aromatic rings. The maximum atomic E-state index is 9.15. The van der Waals surface area contributed by atoms with E-state index in [1.807, 2.05) is 18.2 Å². The fourth-order valence-corrected chi connectivity index (χ4v) is 1.69. The summed E-state index contributed by atoms with van der Waals surface area (Å²) in [6, 6.07) is 5.86. The number of hydrogen-bond acceptors (Lipinski definition) is 4. The molecule has 1 aromatic carbocycles. The van der Waals surface area contributed by atoms with Crippen LogP contribution in [0.2, 0.25) is 0 Å². The normalized spacial score (nSPS) is 15.9. The fraction of sp³-hybridized carbons (Fsp3) is 0.500. The summed E-state index contributed by atoms with van der Waals surface area (Å²) in [5, 5.41) is 12.3. The maximum Gasteiger partial charge on any atom is 0.165 e. The number of hydrogen-bond donors (Lipinski definition) is 2. The van der Waals surface area contributed by atoms with Gasteiger partial charge in [0.05, 0.1) is 6.10 Å². The Kier molecular flexibility index (Phi) is 3.64. The molecule has 2 rings (SSSR count). The first-order valence-corrected chi connectivity index (χ1v) is 5.53. The van der Waals surface area contributed by atoms with Crippen molar-refractivity contribution in [1.29, 1.82) is 0 Å². The van der Waals surface area contributed by atoms with E-state index in [4.69, 9.17) is 14.6 Å². The Balaban J connectivity index is 2.03. The number of para-hydroxylation sites is 1. The summed E-state index contributed by atoms with van der Waals surface area (Å²) in [6.45, 7) is 4.22. The molecule has 1 heterocycles. The summed E-state index contributed by atoms with van der Waals surface area (Å²) < 4.78 is 11.1. The first-order valence-electron chi connectivity index (χ1n) is 5.53. The molecule has 0 saturated carbocycles. The molecule has 2 N–H and O–H groups in total. The van der Waals surface area contributed by atoms with Crippen LogP contribution in [-0.4, -0.2) is 31.0 Å². The highest BCUT2D eigenvalue weighted by Gasteiger charge is 2.14. The Morgan fingerprint density at radius 3 is 3.00 bits per heavy atom. The quantitative estimate of drug-likeness (QED) is 0.797. The molecule has 0 bridgehead atoms. The predicted octanol–water partition coefficient (Wildman–Crippen LogP) is 0.928. The summed E-state index contributed by atoms with van der Waals surface area (Å²) in [4.78, 5) is 0. The summed E-state index contributed by atoms with van der Waals surface area (Å²) in [5.74, 6) is 1.63. The van der Waals surface area contributed by atoms with Gasteiger partial charge in [0.25, 0.3) is 0 Å². The molecule has 4 heteroatoms. The molecule has 1 atom stereocenters. The van der Waals surface area contributed by atoms with E-state index >= 15 is 0 Å². The number of benzene rings is 1. The second kappa shape index (κ2) is 5.18. The Morgan fingerprint density at radius 1 is 1.38 bits per heavy atom. The Bertz CT molecular complexity index is 352. The van der Waals surface area contributed by atoms with E-state index in [9.17, 15) is 0 Å². The number of aliphatic hydroxyl groups excluding tert-OH is 1. The van der Waals surface area contributed by atoms with E-state index in [1.54, 1.807) is 6.92 Å². The predicted molar refractivity (Wildman–Crippen MR) is 60.8 cm³/mol.